The number of urea groups is 1. The van der Waals surface area contributed by atoms with E-state index in [1.807, 2.05) is 30.1 Å². The SMILES string of the molecule is CN1Cc2ccccc2N(CCCCCl)C1=O. The van der Waals surface area contributed by atoms with Gasteiger partial charge in [-0.3, -0.25) is 4.90 Å². The van der Waals surface area contributed by atoms with Crippen LogP contribution in [0.1, 0.15) is 18.4 Å². The van der Waals surface area contributed by atoms with Crippen molar-refractivity contribution in [2.24, 2.45) is 0 Å². The molecular weight excluding hydrogens is 236 g/mol. The van der Waals surface area contributed by atoms with Crippen molar-refractivity contribution in [2.75, 3.05) is 24.4 Å². The monoisotopic (exact) mass is 252 g/mol. The predicted molar refractivity (Wildman–Crippen MR) is 70.6 cm³/mol. The fraction of sp³-hybridized carbons (Fsp3) is 0.462. The summed E-state index contributed by atoms with van der Waals surface area (Å²) in [6, 6.07) is 8.16. The molecule has 1 aliphatic heterocycles. The summed E-state index contributed by atoms with van der Waals surface area (Å²) in [4.78, 5) is 15.7. The van der Waals surface area contributed by atoms with Crippen LogP contribution >= 0.6 is 11.6 Å². The fourth-order valence-corrected chi connectivity index (χ4v) is 2.31. The van der Waals surface area contributed by atoms with Gasteiger partial charge < -0.3 is 4.90 Å². The molecule has 0 bridgehead atoms. The number of hydrogen-bond donors (Lipinski definition) is 0. The molecule has 0 N–H and O–H groups in total. The number of carbonyl (C=O) groups is 1. The third-order valence-electron chi connectivity index (χ3n) is 3.01. The zero-order valence-electron chi connectivity index (χ0n) is 10.0. The first-order valence-electron chi connectivity index (χ1n) is 5.90. The maximum Gasteiger partial charge on any atom is 0.324 e. The van der Waals surface area contributed by atoms with Gasteiger partial charge in [0.2, 0.25) is 0 Å². The van der Waals surface area contributed by atoms with Gasteiger partial charge in [0.15, 0.2) is 0 Å². The van der Waals surface area contributed by atoms with Crippen LogP contribution in [-0.4, -0.2) is 30.4 Å². The van der Waals surface area contributed by atoms with Crippen LogP contribution in [0.2, 0.25) is 0 Å². The highest BCUT2D eigenvalue weighted by Crippen LogP contribution is 2.27. The van der Waals surface area contributed by atoms with Crippen molar-refractivity contribution in [3.8, 4) is 0 Å². The molecule has 0 saturated carbocycles. The number of para-hydroxylation sites is 1. The molecule has 0 atom stereocenters. The van der Waals surface area contributed by atoms with Gasteiger partial charge in [-0.2, -0.15) is 0 Å². The third kappa shape index (κ3) is 2.55. The zero-order valence-corrected chi connectivity index (χ0v) is 10.8. The summed E-state index contributed by atoms with van der Waals surface area (Å²) in [5, 5.41) is 0. The molecule has 1 aliphatic rings. The van der Waals surface area contributed by atoms with Gasteiger partial charge in [-0.25, -0.2) is 4.79 Å². The lowest BCUT2D eigenvalue weighted by Gasteiger charge is -2.35. The molecule has 0 aliphatic carbocycles. The molecular formula is C13H17ClN2O. The first-order valence-corrected chi connectivity index (χ1v) is 6.44. The van der Waals surface area contributed by atoms with E-state index in [0.717, 1.165) is 25.1 Å². The molecule has 0 radical (unpaired) electrons. The number of benzene rings is 1. The summed E-state index contributed by atoms with van der Waals surface area (Å²) in [5.74, 6) is 0.652. The second-order valence-corrected chi connectivity index (χ2v) is 4.69. The van der Waals surface area contributed by atoms with Crippen LogP contribution in [0.3, 0.4) is 0 Å². The van der Waals surface area contributed by atoms with E-state index in [0.29, 0.717) is 12.4 Å². The molecule has 2 amide bonds. The number of rotatable bonds is 4. The van der Waals surface area contributed by atoms with Gasteiger partial charge in [0.25, 0.3) is 0 Å². The summed E-state index contributed by atoms with van der Waals surface area (Å²) in [7, 11) is 1.84. The lowest BCUT2D eigenvalue weighted by molar-refractivity contribution is 0.210. The number of unbranched alkanes of at least 4 members (excludes halogenated alkanes) is 1. The Balaban J connectivity index is 2.20. The number of alkyl halides is 1. The Labute approximate surface area is 107 Å². The molecule has 0 unspecified atom stereocenters. The summed E-state index contributed by atoms with van der Waals surface area (Å²) in [6.07, 6.45) is 1.88. The predicted octanol–water partition coefficient (Wildman–Crippen LogP) is 3.08. The number of halogens is 1. The van der Waals surface area contributed by atoms with E-state index >= 15 is 0 Å². The highest BCUT2D eigenvalue weighted by molar-refractivity contribution is 6.17. The Morgan fingerprint density at radius 2 is 2.06 bits per heavy atom. The Bertz CT molecular complexity index is 408. The van der Waals surface area contributed by atoms with E-state index in [9.17, 15) is 4.79 Å². The fourth-order valence-electron chi connectivity index (χ4n) is 2.12. The summed E-state index contributed by atoms with van der Waals surface area (Å²) < 4.78 is 0. The molecule has 3 nitrogen and oxygen atoms in total. The molecule has 0 aromatic heterocycles. The van der Waals surface area contributed by atoms with Crippen molar-refractivity contribution in [1.82, 2.24) is 4.90 Å². The highest BCUT2D eigenvalue weighted by Gasteiger charge is 2.26. The van der Waals surface area contributed by atoms with Crippen LogP contribution in [0.4, 0.5) is 10.5 Å². The number of fused-ring (bicyclic) bond motifs is 1. The van der Waals surface area contributed by atoms with Crippen molar-refractivity contribution >= 4 is 23.3 Å². The molecule has 1 aromatic rings. The van der Waals surface area contributed by atoms with Crippen molar-refractivity contribution in [3.05, 3.63) is 29.8 Å². The molecule has 92 valence electrons. The lowest BCUT2D eigenvalue weighted by Crippen LogP contribution is -2.45. The Kier molecular flexibility index (Phi) is 3.89. The highest BCUT2D eigenvalue weighted by atomic mass is 35.5. The average molecular weight is 253 g/mol. The maximum absolute atomic E-state index is 12.1. The van der Waals surface area contributed by atoms with Crippen molar-refractivity contribution in [1.29, 1.82) is 0 Å². The van der Waals surface area contributed by atoms with E-state index in [2.05, 4.69) is 6.07 Å². The molecule has 0 saturated heterocycles. The number of amides is 2. The van der Waals surface area contributed by atoms with Gasteiger partial charge in [-0.05, 0) is 24.5 Å². The largest absolute Gasteiger partial charge is 0.324 e. The summed E-state index contributed by atoms with van der Waals surface area (Å²) in [5.41, 5.74) is 2.26. The Morgan fingerprint density at radius 1 is 1.29 bits per heavy atom. The van der Waals surface area contributed by atoms with Crippen LogP contribution in [0, 0.1) is 0 Å². The van der Waals surface area contributed by atoms with Gasteiger partial charge >= 0.3 is 6.03 Å². The summed E-state index contributed by atoms with van der Waals surface area (Å²) >= 11 is 5.67. The topological polar surface area (TPSA) is 23.6 Å². The lowest BCUT2D eigenvalue weighted by atomic mass is 10.1. The maximum atomic E-state index is 12.1. The van der Waals surface area contributed by atoms with Crippen LogP contribution in [0.15, 0.2) is 24.3 Å². The van der Waals surface area contributed by atoms with Gasteiger partial charge in [-0.1, -0.05) is 18.2 Å². The van der Waals surface area contributed by atoms with Gasteiger partial charge in [0.1, 0.15) is 0 Å². The molecule has 0 fully saturated rings. The third-order valence-corrected chi connectivity index (χ3v) is 3.28. The molecule has 1 heterocycles. The number of hydrogen-bond acceptors (Lipinski definition) is 1. The first-order chi connectivity index (χ1) is 8.24. The molecule has 17 heavy (non-hydrogen) atoms. The van der Waals surface area contributed by atoms with Gasteiger partial charge in [0.05, 0.1) is 5.69 Å². The van der Waals surface area contributed by atoms with Crippen molar-refractivity contribution < 1.29 is 4.79 Å². The Morgan fingerprint density at radius 3 is 2.82 bits per heavy atom. The second-order valence-electron chi connectivity index (χ2n) is 4.32. The van der Waals surface area contributed by atoms with Crippen LogP contribution < -0.4 is 4.90 Å². The van der Waals surface area contributed by atoms with Crippen molar-refractivity contribution in [3.63, 3.8) is 0 Å². The van der Waals surface area contributed by atoms with E-state index in [4.69, 9.17) is 11.6 Å². The minimum absolute atomic E-state index is 0.0817. The first kappa shape index (κ1) is 12.2. The van der Waals surface area contributed by atoms with E-state index in [1.165, 1.54) is 5.56 Å². The number of anilines is 1. The smallest absolute Gasteiger partial charge is 0.323 e. The average Bonchev–Trinajstić information content (AvgIpc) is 2.34. The van der Waals surface area contributed by atoms with Gasteiger partial charge in [-0.15, -0.1) is 11.6 Å². The van der Waals surface area contributed by atoms with Gasteiger partial charge in [0, 0.05) is 26.0 Å². The quantitative estimate of drug-likeness (QED) is 0.597. The minimum atomic E-state index is 0.0817. The second kappa shape index (κ2) is 5.41. The minimum Gasteiger partial charge on any atom is -0.323 e. The number of carbonyl (C=O) groups excluding carboxylic acids is 1. The van der Waals surface area contributed by atoms with Crippen LogP contribution in [0.5, 0.6) is 0 Å². The molecule has 2 rings (SSSR count). The Hall–Kier alpha value is -1.22. The molecule has 1 aromatic carbocycles. The zero-order chi connectivity index (χ0) is 12.3. The van der Waals surface area contributed by atoms with E-state index in [-0.39, 0.29) is 6.03 Å². The molecule has 0 spiro atoms. The molecule has 4 heteroatoms. The standard InChI is InChI=1S/C13H17ClN2O/c1-15-10-11-6-2-3-7-12(11)16(13(15)17)9-5-4-8-14/h2-3,6-7H,4-5,8-10H2,1H3. The van der Waals surface area contributed by atoms with Crippen molar-refractivity contribution in [2.45, 2.75) is 19.4 Å². The number of nitrogens with zero attached hydrogens (tertiary/aromatic N) is 2. The summed E-state index contributed by atoms with van der Waals surface area (Å²) in [6.45, 7) is 1.44. The van der Waals surface area contributed by atoms with E-state index in [1.54, 1.807) is 4.90 Å². The normalized spacial score (nSPS) is 15.1. The van der Waals surface area contributed by atoms with Crippen LogP contribution in [0.25, 0.3) is 0 Å². The van der Waals surface area contributed by atoms with E-state index < -0.39 is 0 Å². The van der Waals surface area contributed by atoms with Crippen LogP contribution in [-0.2, 0) is 6.54 Å².